The smallest absolute Gasteiger partial charge is 0.251 e. The number of benzene rings is 1. The summed E-state index contributed by atoms with van der Waals surface area (Å²) in [5.74, 6) is 0.840. The van der Waals surface area contributed by atoms with Crippen LogP contribution in [0.3, 0.4) is 0 Å². The molecule has 0 bridgehead atoms. The van der Waals surface area contributed by atoms with E-state index in [9.17, 15) is 4.79 Å². The highest BCUT2D eigenvalue weighted by Gasteiger charge is 2.19. The van der Waals surface area contributed by atoms with Crippen molar-refractivity contribution in [3.63, 3.8) is 0 Å². The molecule has 31 heavy (non-hydrogen) atoms. The van der Waals surface area contributed by atoms with E-state index >= 15 is 0 Å². The lowest BCUT2D eigenvalue weighted by atomic mass is 10.1. The van der Waals surface area contributed by atoms with E-state index in [2.05, 4.69) is 20.3 Å². The number of aromatic nitrogens is 3. The zero-order valence-electron chi connectivity index (χ0n) is 17.9. The number of aryl methyl sites for hydroxylation is 2. The van der Waals surface area contributed by atoms with Gasteiger partial charge in [0.25, 0.3) is 5.91 Å². The first-order chi connectivity index (χ1) is 15.0. The Morgan fingerprint density at radius 2 is 2.10 bits per heavy atom. The van der Waals surface area contributed by atoms with Crippen LogP contribution < -0.4 is 10.1 Å². The van der Waals surface area contributed by atoms with Gasteiger partial charge in [0.2, 0.25) is 0 Å². The Kier molecular flexibility index (Phi) is 6.58. The Hall–Kier alpha value is -2.84. The molecule has 0 aliphatic carbocycles. The fraction of sp³-hybridized carbons (Fsp3) is 0.391. The molecule has 3 heterocycles. The van der Waals surface area contributed by atoms with Crippen LogP contribution in [0, 0.1) is 19.8 Å². The molecule has 1 unspecified atom stereocenters. The van der Waals surface area contributed by atoms with Crippen LogP contribution >= 0.6 is 11.3 Å². The molecule has 1 saturated heterocycles. The van der Waals surface area contributed by atoms with Crippen LogP contribution in [0.25, 0.3) is 10.6 Å². The lowest BCUT2D eigenvalue weighted by molar-refractivity contribution is 0.0938. The van der Waals surface area contributed by atoms with Crippen molar-refractivity contribution >= 4 is 17.2 Å². The molecule has 1 aliphatic heterocycles. The van der Waals surface area contributed by atoms with Crippen LogP contribution in [0.15, 0.2) is 36.8 Å². The van der Waals surface area contributed by atoms with Gasteiger partial charge in [0, 0.05) is 40.9 Å². The Morgan fingerprint density at radius 1 is 1.23 bits per heavy atom. The number of rotatable bonds is 7. The number of thiazole rings is 1. The SMILES string of the molecule is Cc1cnc(C(C)NC(=O)c2cc(OC[C@H]3CCOC3)cc(-c3ncc(C)s3)c2)cn1. The third-order valence-corrected chi connectivity index (χ3v) is 6.10. The fourth-order valence-electron chi connectivity index (χ4n) is 3.33. The number of carbonyl (C=O) groups excluding carboxylic acids is 1. The summed E-state index contributed by atoms with van der Waals surface area (Å²) in [7, 11) is 0. The molecule has 0 radical (unpaired) electrons. The number of carbonyl (C=O) groups is 1. The van der Waals surface area contributed by atoms with E-state index in [0.717, 1.165) is 34.2 Å². The zero-order chi connectivity index (χ0) is 21.8. The van der Waals surface area contributed by atoms with Crippen LogP contribution in [0.5, 0.6) is 5.75 Å². The monoisotopic (exact) mass is 438 g/mol. The summed E-state index contributed by atoms with van der Waals surface area (Å²) in [6, 6.07) is 5.31. The number of amides is 1. The van der Waals surface area contributed by atoms with Gasteiger partial charge >= 0.3 is 0 Å². The van der Waals surface area contributed by atoms with Gasteiger partial charge in [0.15, 0.2) is 0 Å². The molecule has 1 fully saturated rings. The summed E-state index contributed by atoms with van der Waals surface area (Å²) in [6.07, 6.45) is 6.21. The first kappa shape index (κ1) is 21.4. The summed E-state index contributed by atoms with van der Waals surface area (Å²) in [5, 5.41) is 3.87. The largest absolute Gasteiger partial charge is 0.493 e. The number of hydrogen-bond acceptors (Lipinski definition) is 7. The predicted molar refractivity (Wildman–Crippen MR) is 119 cm³/mol. The van der Waals surface area contributed by atoms with Crippen molar-refractivity contribution in [2.24, 2.45) is 5.92 Å². The quantitative estimate of drug-likeness (QED) is 0.597. The molecular formula is C23H26N4O3S. The lowest BCUT2D eigenvalue weighted by Gasteiger charge is -2.15. The summed E-state index contributed by atoms with van der Waals surface area (Å²) in [6.45, 7) is 7.85. The van der Waals surface area contributed by atoms with E-state index in [1.807, 2.05) is 39.1 Å². The zero-order valence-corrected chi connectivity index (χ0v) is 18.7. The number of hydrogen-bond donors (Lipinski definition) is 1. The topological polar surface area (TPSA) is 86.2 Å². The highest BCUT2D eigenvalue weighted by atomic mass is 32.1. The molecule has 4 rings (SSSR count). The number of nitrogens with one attached hydrogen (secondary N) is 1. The van der Waals surface area contributed by atoms with Crippen LogP contribution in [-0.4, -0.2) is 40.7 Å². The van der Waals surface area contributed by atoms with Crippen molar-refractivity contribution in [1.29, 1.82) is 0 Å². The van der Waals surface area contributed by atoms with E-state index in [-0.39, 0.29) is 11.9 Å². The second kappa shape index (κ2) is 9.53. The second-order valence-electron chi connectivity index (χ2n) is 7.84. The second-order valence-corrected chi connectivity index (χ2v) is 9.08. The molecule has 1 aliphatic rings. The fourth-order valence-corrected chi connectivity index (χ4v) is 4.09. The average Bonchev–Trinajstić information content (AvgIpc) is 3.44. The molecular weight excluding hydrogens is 412 g/mol. The van der Waals surface area contributed by atoms with E-state index in [1.165, 1.54) is 0 Å². The van der Waals surface area contributed by atoms with Gasteiger partial charge in [-0.25, -0.2) is 4.98 Å². The molecule has 7 nitrogen and oxygen atoms in total. The first-order valence-corrected chi connectivity index (χ1v) is 11.2. The van der Waals surface area contributed by atoms with E-state index < -0.39 is 0 Å². The van der Waals surface area contributed by atoms with Crippen molar-refractivity contribution in [2.45, 2.75) is 33.2 Å². The summed E-state index contributed by atoms with van der Waals surface area (Å²) < 4.78 is 11.5. The standard InChI is InChI=1S/C23H26N4O3S/c1-14-9-25-21(11-24-14)16(3)27-22(28)18-6-19(23-26-10-15(2)31-23)8-20(7-18)30-13-17-4-5-29-12-17/h6-11,16-17H,4-5,12-13H2,1-3H3,(H,27,28)/t16?,17-/m0/s1. The third-order valence-electron chi connectivity index (χ3n) is 5.14. The van der Waals surface area contributed by atoms with Gasteiger partial charge in [-0.15, -0.1) is 11.3 Å². The lowest BCUT2D eigenvalue weighted by Crippen LogP contribution is -2.27. The predicted octanol–water partition coefficient (Wildman–Crippen LogP) is 4.12. The van der Waals surface area contributed by atoms with Crippen molar-refractivity contribution in [1.82, 2.24) is 20.3 Å². The van der Waals surface area contributed by atoms with Gasteiger partial charge < -0.3 is 14.8 Å². The van der Waals surface area contributed by atoms with Crippen LogP contribution in [0.2, 0.25) is 0 Å². The third kappa shape index (κ3) is 5.45. The van der Waals surface area contributed by atoms with E-state index in [0.29, 0.717) is 36.1 Å². The van der Waals surface area contributed by atoms with Crippen molar-refractivity contribution in [3.05, 3.63) is 58.6 Å². The molecule has 1 aromatic carbocycles. The van der Waals surface area contributed by atoms with Crippen LogP contribution in [-0.2, 0) is 4.74 Å². The molecule has 2 aromatic heterocycles. The molecule has 1 N–H and O–H groups in total. The molecule has 0 spiro atoms. The highest BCUT2D eigenvalue weighted by molar-refractivity contribution is 7.14. The maximum atomic E-state index is 13.0. The van der Waals surface area contributed by atoms with Gasteiger partial charge in [-0.3, -0.25) is 14.8 Å². The van der Waals surface area contributed by atoms with Crippen molar-refractivity contribution in [3.8, 4) is 16.3 Å². The molecule has 162 valence electrons. The van der Waals surface area contributed by atoms with Crippen LogP contribution in [0.4, 0.5) is 0 Å². The maximum Gasteiger partial charge on any atom is 0.251 e. The van der Waals surface area contributed by atoms with Crippen molar-refractivity contribution in [2.75, 3.05) is 19.8 Å². The van der Waals surface area contributed by atoms with Gasteiger partial charge in [-0.2, -0.15) is 0 Å². The minimum absolute atomic E-state index is 0.195. The average molecular weight is 439 g/mol. The summed E-state index contributed by atoms with van der Waals surface area (Å²) in [4.78, 5) is 27.3. The normalized spacial score (nSPS) is 16.8. The highest BCUT2D eigenvalue weighted by Crippen LogP contribution is 2.30. The Balaban J connectivity index is 1.56. The van der Waals surface area contributed by atoms with Gasteiger partial charge in [0.1, 0.15) is 10.8 Å². The molecule has 0 saturated carbocycles. The summed E-state index contributed by atoms with van der Waals surface area (Å²) in [5.41, 5.74) is 2.94. The minimum Gasteiger partial charge on any atom is -0.493 e. The minimum atomic E-state index is -0.272. The van der Waals surface area contributed by atoms with E-state index in [4.69, 9.17) is 9.47 Å². The van der Waals surface area contributed by atoms with Gasteiger partial charge in [0.05, 0.1) is 36.8 Å². The molecule has 2 atom stereocenters. The number of ether oxygens (including phenoxy) is 2. The Labute approximate surface area is 185 Å². The number of nitrogens with zero attached hydrogens (tertiary/aromatic N) is 3. The Morgan fingerprint density at radius 3 is 2.77 bits per heavy atom. The van der Waals surface area contributed by atoms with Gasteiger partial charge in [-0.05, 0) is 45.4 Å². The summed E-state index contributed by atoms with van der Waals surface area (Å²) >= 11 is 1.59. The Bertz CT molecular complexity index is 1050. The maximum absolute atomic E-state index is 13.0. The van der Waals surface area contributed by atoms with Crippen molar-refractivity contribution < 1.29 is 14.3 Å². The molecule has 1 amide bonds. The van der Waals surface area contributed by atoms with E-state index in [1.54, 1.807) is 29.8 Å². The van der Waals surface area contributed by atoms with Gasteiger partial charge in [-0.1, -0.05) is 0 Å². The van der Waals surface area contributed by atoms with Crippen LogP contribution in [0.1, 0.15) is 46.0 Å². The molecule has 8 heteroatoms. The first-order valence-electron chi connectivity index (χ1n) is 10.4. The molecule has 3 aromatic rings.